The fourth-order valence-corrected chi connectivity index (χ4v) is 3.56. The summed E-state index contributed by atoms with van der Waals surface area (Å²) in [5.41, 5.74) is 3.10. The van der Waals surface area contributed by atoms with Gasteiger partial charge in [-0.25, -0.2) is 4.98 Å². The van der Waals surface area contributed by atoms with Crippen molar-refractivity contribution in [2.24, 2.45) is 0 Å². The number of nitrogens with one attached hydrogen (secondary N) is 1. The minimum atomic E-state index is 0.559. The molecule has 0 aliphatic heterocycles. The molecule has 0 atom stereocenters. The summed E-state index contributed by atoms with van der Waals surface area (Å²) in [6.07, 6.45) is 4.20. The number of anilines is 2. The molecule has 3 aromatic rings. The highest BCUT2D eigenvalue weighted by molar-refractivity contribution is 5.69. The molecule has 0 saturated heterocycles. The number of aryl methyl sites for hydroxylation is 2. The average molecular weight is 369 g/mol. The molecule has 0 fully saturated rings. The molecule has 2 aromatic heterocycles. The Morgan fingerprint density at radius 2 is 1.67 bits per heavy atom. The molecule has 2 heterocycles. The Labute approximate surface area is 157 Å². The number of ether oxygens (including phenoxy) is 3. The number of rotatable bonds is 5. The Balaban J connectivity index is 1.86. The van der Waals surface area contributed by atoms with Gasteiger partial charge in [0.1, 0.15) is 11.6 Å². The number of hydrogen-bond donors (Lipinski definition) is 1. The Bertz CT molecular complexity index is 974. The van der Waals surface area contributed by atoms with Gasteiger partial charge >= 0.3 is 0 Å². The fourth-order valence-electron chi connectivity index (χ4n) is 3.56. The topological polar surface area (TPSA) is 82.8 Å². The van der Waals surface area contributed by atoms with Gasteiger partial charge in [0.05, 0.1) is 27.0 Å². The van der Waals surface area contributed by atoms with E-state index in [2.05, 4.69) is 15.4 Å². The van der Waals surface area contributed by atoms with E-state index < -0.39 is 0 Å². The first-order valence-electron chi connectivity index (χ1n) is 8.96. The molecule has 0 bridgehead atoms. The van der Waals surface area contributed by atoms with Crippen LogP contribution in [0.15, 0.2) is 12.1 Å². The van der Waals surface area contributed by atoms with Gasteiger partial charge in [-0.1, -0.05) is 0 Å². The predicted molar refractivity (Wildman–Crippen MR) is 102 cm³/mol. The Hall–Kier alpha value is -3.03. The van der Waals surface area contributed by atoms with Crippen LogP contribution < -0.4 is 19.5 Å². The lowest BCUT2D eigenvalue weighted by atomic mass is 9.96. The molecule has 142 valence electrons. The van der Waals surface area contributed by atoms with Crippen molar-refractivity contribution in [3.63, 3.8) is 0 Å². The second-order valence-electron chi connectivity index (χ2n) is 6.50. The minimum absolute atomic E-state index is 0.559. The summed E-state index contributed by atoms with van der Waals surface area (Å²) < 4.78 is 18.1. The highest BCUT2D eigenvalue weighted by Crippen LogP contribution is 2.41. The fraction of sp³-hybridized carbons (Fsp3) is 0.421. The lowest BCUT2D eigenvalue weighted by Gasteiger charge is -2.21. The molecule has 8 heteroatoms. The van der Waals surface area contributed by atoms with Crippen molar-refractivity contribution in [1.29, 1.82) is 0 Å². The number of benzene rings is 1. The van der Waals surface area contributed by atoms with Gasteiger partial charge in [-0.3, -0.25) is 0 Å². The molecule has 27 heavy (non-hydrogen) atoms. The zero-order valence-electron chi connectivity index (χ0n) is 16.0. The molecule has 1 aliphatic rings. The second-order valence-corrected chi connectivity index (χ2v) is 6.50. The molecular formula is C19H23N5O3. The summed E-state index contributed by atoms with van der Waals surface area (Å²) >= 11 is 0. The van der Waals surface area contributed by atoms with Crippen LogP contribution in [0.4, 0.5) is 11.5 Å². The van der Waals surface area contributed by atoms with Crippen molar-refractivity contribution in [2.75, 3.05) is 26.6 Å². The maximum absolute atomic E-state index is 5.47. The van der Waals surface area contributed by atoms with Crippen LogP contribution in [0.5, 0.6) is 17.2 Å². The lowest BCUT2D eigenvalue weighted by Crippen LogP contribution is -2.14. The van der Waals surface area contributed by atoms with Gasteiger partial charge in [0.2, 0.25) is 5.75 Å². The predicted octanol–water partition coefficient (Wildman–Crippen LogP) is 3.08. The van der Waals surface area contributed by atoms with Crippen LogP contribution in [0, 0.1) is 6.92 Å². The van der Waals surface area contributed by atoms with E-state index in [0.29, 0.717) is 28.9 Å². The molecular weight excluding hydrogens is 346 g/mol. The maximum atomic E-state index is 5.47. The highest BCUT2D eigenvalue weighted by Gasteiger charge is 2.21. The van der Waals surface area contributed by atoms with Crippen LogP contribution in [-0.4, -0.2) is 40.9 Å². The maximum Gasteiger partial charge on any atom is 0.254 e. The number of methoxy groups -OCH3 is 3. The summed E-state index contributed by atoms with van der Waals surface area (Å²) in [6.45, 7) is 1.87. The molecule has 4 rings (SSSR count). The first-order valence-corrected chi connectivity index (χ1v) is 8.96. The smallest absolute Gasteiger partial charge is 0.254 e. The molecule has 0 radical (unpaired) electrons. The van der Waals surface area contributed by atoms with E-state index in [-0.39, 0.29) is 0 Å². The molecule has 0 amide bonds. The Morgan fingerprint density at radius 3 is 2.33 bits per heavy atom. The number of hydrogen-bond acceptors (Lipinski definition) is 7. The summed E-state index contributed by atoms with van der Waals surface area (Å²) in [7, 11) is 4.80. The van der Waals surface area contributed by atoms with Crippen LogP contribution in [0.1, 0.15) is 29.9 Å². The van der Waals surface area contributed by atoms with Crippen molar-refractivity contribution in [3.05, 3.63) is 29.2 Å². The number of nitrogens with zero attached hydrogens (tertiary/aromatic N) is 4. The molecule has 0 spiro atoms. The third-order valence-electron chi connectivity index (χ3n) is 4.79. The van der Waals surface area contributed by atoms with Crippen molar-refractivity contribution < 1.29 is 14.2 Å². The van der Waals surface area contributed by atoms with E-state index in [1.54, 1.807) is 25.8 Å². The summed E-state index contributed by atoms with van der Waals surface area (Å²) in [6, 6.07) is 3.76. The van der Waals surface area contributed by atoms with Crippen LogP contribution in [-0.2, 0) is 12.8 Å². The van der Waals surface area contributed by atoms with E-state index in [9.17, 15) is 0 Å². The average Bonchev–Trinajstić information content (AvgIpc) is 3.06. The summed E-state index contributed by atoms with van der Waals surface area (Å²) in [5, 5.41) is 8.02. The standard InChI is InChI=1S/C19H23N5O3/c1-11-20-19-22-14-8-6-5-7-13(14)18(24(19)23-11)21-12-9-15(25-2)17(27-4)16(10-12)26-3/h9-10,21H,5-8H2,1-4H3. The first-order chi connectivity index (χ1) is 13.1. The van der Waals surface area contributed by atoms with Crippen molar-refractivity contribution in [2.45, 2.75) is 32.6 Å². The summed E-state index contributed by atoms with van der Waals surface area (Å²) in [5.74, 6) is 3.94. The molecule has 1 aliphatic carbocycles. The van der Waals surface area contributed by atoms with Gasteiger partial charge in [-0.05, 0) is 32.6 Å². The van der Waals surface area contributed by atoms with Gasteiger partial charge in [0.15, 0.2) is 11.5 Å². The quantitative estimate of drug-likeness (QED) is 0.740. The monoisotopic (exact) mass is 369 g/mol. The molecule has 0 saturated carbocycles. The third-order valence-corrected chi connectivity index (χ3v) is 4.79. The summed E-state index contributed by atoms with van der Waals surface area (Å²) in [4.78, 5) is 9.16. The van der Waals surface area contributed by atoms with E-state index in [0.717, 1.165) is 42.9 Å². The van der Waals surface area contributed by atoms with E-state index in [1.165, 1.54) is 5.56 Å². The zero-order valence-corrected chi connectivity index (χ0v) is 16.0. The third kappa shape index (κ3) is 3.01. The Morgan fingerprint density at radius 1 is 0.963 bits per heavy atom. The minimum Gasteiger partial charge on any atom is -0.493 e. The van der Waals surface area contributed by atoms with Crippen molar-refractivity contribution >= 4 is 17.3 Å². The normalized spacial score (nSPS) is 13.3. The Kier molecular flexibility index (Phi) is 4.47. The van der Waals surface area contributed by atoms with Crippen LogP contribution in [0.25, 0.3) is 5.78 Å². The van der Waals surface area contributed by atoms with E-state index in [1.807, 2.05) is 19.1 Å². The number of fused-ring (bicyclic) bond motifs is 2. The van der Waals surface area contributed by atoms with Crippen molar-refractivity contribution in [1.82, 2.24) is 19.6 Å². The number of aromatic nitrogens is 4. The highest BCUT2D eigenvalue weighted by atomic mass is 16.5. The van der Waals surface area contributed by atoms with E-state index in [4.69, 9.17) is 19.2 Å². The van der Waals surface area contributed by atoms with Gasteiger partial charge in [-0.15, -0.1) is 5.10 Å². The first kappa shape index (κ1) is 17.4. The molecule has 1 aromatic carbocycles. The van der Waals surface area contributed by atoms with Crippen molar-refractivity contribution in [3.8, 4) is 17.2 Å². The molecule has 1 N–H and O–H groups in total. The van der Waals surface area contributed by atoms with Gasteiger partial charge in [0, 0.05) is 23.4 Å². The molecule has 8 nitrogen and oxygen atoms in total. The van der Waals surface area contributed by atoms with Crippen LogP contribution >= 0.6 is 0 Å². The van der Waals surface area contributed by atoms with Gasteiger partial charge in [-0.2, -0.15) is 9.50 Å². The molecule has 0 unspecified atom stereocenters. The lowest BCUT2D eigenvalue weighted by molar-refractivity contribution is 0.324. The zero-order chi connectivity index (χ0) is 19.0. The second kappa shape index (κ2) is 6.94. The largest absolute Gasteiger partial charge is 0.493 e. The van der Waals surface area contributed by atoms with Gasteiger partial charge in [0.25, 0.3) is 5.78 Å². The SMILES string of the molecule is COc1cc(Nc2c3c(nc4nc(C)nn24)CCCC3)cc(OC)c1OC. The van der Waals surface area contributed by atoms with Gasteiger partial charge < -0.3 is 19.5 Å². The van der Waals surface area contributed by atoms with E-state index >= 15 is 0 Å². The van der Waals surface area contributed by atoms with Crippen LogP contribution in [0.3, 0.4) is 0 Å². The van der Waals surface area contributed by atoms with Crippen LogP contribution in [0.2, 0.25) is 0 Å².